The maximum absolute atomic E-state index is 13.0. The molecule has 0 spiro atoms. The first-order valence-corrected chi connectivity index (χ1v) is 10.9. The Kier molecular flexibility index (Phi) is 6.96. The third kappa shape index (κ3) is 5.77. The van der Waals surface area contributed by atoms with Crippen LogP contribution in [0.25, 0.3) is 0 Å². The normalized spacial score (nSPS) is 11.4. The average molecular weight is 514 g/mol. The molecule has 2 aromatic carbocycles. The Hall–Kier alpha value is -4.68. The van der Waals surface area contributed by atoms with Crippen molar-refractivity contribution in [2.45, 2.75) is 33.3 Å². The van der Waals surface area contributed by atoms with Gasteiger partial charge in [-0.05, 0) is 43.7 Å². The number of carbonyl (C=O) groups excluding carboxylic acids is 1. The predicted octanol–water partition coefficient (Wildman–Crippen LogP) is 4.96. The largest absolute Gasteiger partial charge is 0.464 e. The molecule has 0 aliphatic heterocycles. The molecule has 0 bridgehead atoms. The summed E-state index contributed by atoms with van der Waals surface area (Å²) in [5.41, 5.74) is 0.996. The molecule has 2 heterocycles. The first-order chi connectivity index (χ1) is 17.5. The van der Waals surface area contributed by atoms with Gasteiger partial charge >= 0.3 is 11.9 Å². The summed E-state index contributed by atoms with van der Waals surface area (Å²) in [6, 6.07) is 12.3. The number of halogens is 3. The molecule has 13 heteroatoms. The van der Waals surface area contributed by atoms with E-state index in [9.17, 15) is 28.1 Å². The maximum atomic E-state index is 13.0. The van der Waals surface area contributed by atoms with Gasteiger partial charge in [0.25, 0.3) is 5.91 Å². The molecular weight excluding hydrogens is 493 g/mol. The molecule has 0 fully saturated rings. The number of ether oxygens (including phenoxy) is 1. The number of carbonyl (C=O) groups is 1. The van der Waals surface area contributed by atoms with Crippen LogP contribution in [0.4, 0.5) is 24.5 Å². The molecule has 0 radical (unpaired) electrons. The van der Waals surface area contributed by atoms with Crippen molar-refractivity contribution in [1.82, 2.24) is 19.6 Å². The van der Waals surface area contributed by atoms with E-state index in [1.807, 2.05) is 0 Å². The highest BCUT2D eigenvalue weighted by Crippen LogP contribution is 2.30. The Balaban J connectivity index is 1.44. The maximum Gasteiger partial charge on any atom is 0.416 e. The van der Waals surface area contributed by atoms with Gasteiger partial charge in [0.1, 0.15) is 0 Å². The molecule has 10 nitrogen and oxygen atoms in total. The molecule has 0 atom stereocenters. The van der Waals surface area contributed by atoms with Crippen LogP contribution >= 0.6 is 0 Å². The minimum absolute atomic E-state index is 0.0634. The van der Waals surface area contributed by atoms with Crippen LogP contribution in [0, 0.1) is 24.0 Å². The summed E-state index contributed by atoms with van der Waals surface area (Å²) in [4.78, 5) is 23.3. The minimum atomic E-state index is -4.45. The number of aromatic nitrogens is 4. The number of hydrogen-bond acceptors (Lipinski definition) is 6. The van der Waals surface area contributed by atoms with Gasteiger partial charge in [-0.25, -0.2) is 4.68 Å². The SMILES string of the molecule is Cc1nn(Cc2cccc(C(F)(F)F)c2)c(C)c1NC(=O)c1ccn(COc2ccccc2[N+](=O)[O-])n1. The van der Waals surface area contributed by atoms with Crippen molar-refractivity contribution >= 4 is 17.3 Å². The van der Waals surface area contributed by atoms with E-state index in [1.165, 1.54) is 45.9 Å². The van der Waals surface area contributed by atoms with Gasteiger partial charge in [-0.15, -0.1) is 0 Å². The fraction of sp³-hybridized carbons (Fsp3) is 0.208. The van der Waals surface area contributed by atoms with E-state index in [4.69, 9.17) is 4.74 Å². The number of amides is 1. The molecule has 4 aromatic rings. The van der Waals surface area contributed by atoms with E-state index >= 15 is 0 Å². The standard InChI is InChI=1S/C24H21F3N6O4/c1-15-22(16(2)32(29-15)13-17-6-5-7-18(12-17)24(25,26)27)28-23(34)19-10-11-31(30-19)14-37-21-9-4-3-8-20(21)33(35)36/h3-12H,13-14H2,1-2H3,(H,28,34). The summed E-state index contributed by atoms with van der Waals surface area (Å²) in [6.45, 7) is 3.29. The van der Waals surface area contributed by atoms with Crippen LogP contribution in [0.5, 0.6) is 5.75 Å². The predicted molar refractivity (Wildman–Crippen MR) is 126 cm³/mol. The average Bonchev–Trinajstić information content (AvgIpc) is 3.43. The number of hydrogen-bond donors (Lipinski definition) is 1. The Labute approximate surface area is 208 Å². The molecule has 0 unspecified atom stereocenters. The second kappa shape index (κ2) is 10.1. The van der Waals surface area contributed by atoms with Crippen molar-refractivity contribution in [3.63, 3.8) is 0 Å². The van der Waals surface area contributed by atoms with Gasteiger partial charge in [0.2, 0.25) is 0 Å². The van der Waals surface area contributed by atoms with Crippen LogP contribution in [-0.4, -0.2) is 30.4 Å². The molecule has 0 aliphatic rings. The fourth-order valence-corrected chi connectivity index (χ4v) is 3.65. The second-order valence-corrected chi connectivity index (χ2v) is 8.09. The smallest absolute Gasteiger partial charge is 0.416 e. The van der Waals surface area contributed by atoms with Gasteiger partial charge in [0, 0.05) is 12.3 Å². The van der Waals surface area contributed by atoms with Gasteiger partial charge in [0.05, 0.1) is 34.1 Å². The highest BCUT2D eigenvalue weighted by Gasteiger charge is 2.30. The molecule has 0 aliphatic carbocycles. The summed E-state index contributed by atoms with van der Waals surface area (Å²) >= 11 is 0. The molecule has 4 rings (SSSR count). The number of nitrogens with one attached hydrogen (secondary N) is 1. The van der Waals surface area contributed by atoms with Crippen molar-refractivity contribution in [3.8, 4) is 5.75 Å². The molecule has 1 N–H and O–H groups in total. The lowest BCUT2D eigenvalue weighted by Crippen LogP contribution is -2.15. The summed E-state index contributed by atoms with van der Waals surface area (Å²) in [5, 5.41) is 22.3. The van der Waals surface area contributed by atoms with E-state index in [1.54, 1.807) is 26.0 Å². The quantitative estimate of drug-likeness (QED) is 0.262. The lowest BCUT2D eigenvalue weighted by atomic mass is 10.1. The fourth-order valence-electron chi connectivity index (χ4n) is 3.65. The topological polar surface area (TPSA) is 117 Å². The Morgan fingerprint density at radius 3 is 2.59 bits per heavy atom. The number of nitro benzene ring substituents is 1. The van der Waals surface area contributed by atoms with Crippen molar-refractivity contribution in [2.24, 2.45) is 0 Å². The van der Waals surface area contributed by atoms with Gasteiger partial charge < -0.3 is 10.1 Å². The highest BCUT2D eigenvalue weighted by molar-refractivity contribution is 6.03. The van der Waals surface area contributed by atoms with E-state index in [0.717, 1.165) is 12.1 Å². The van der Waals surface area contributed by atoms with Crippen LogP contribution in [0.3, 0.4) is 0 Å². The number of rotatable bonds is 8. The molecular formula is C24H21F3N6O4. The Bertz CT molecular complexity index is 1460. The number of alkyl halides is 3. The molecule has 192 valence electrons. The Morgan fingerprint density at radius 1 is 1.11 bits per heavy atom. The second-order valence-electron chi connectivity index (χ2n) is 8.09. The first kappa shape index (κ1) is 25.4. The van der Waals surface area contributed by atoms with E-state index in [0.29, 0.717) is 22.6 Å². The number of para-hydroxylation sites is 2. The number of nitro groups is 1. The third-order valence-electron chi connectivity index (χ3n) is 5.49. The first-order valence-electron chi connectivity index (χ1n) is 10.9. The monoisotopic (exact) mass is 514 g/mol. The molecule has 37 heavy (non-hydrogen) atoms. The van der Waals surface area contributed by atoms with Gasteiger partial charge in [-0.1, -0.05) is 24.3 Å². The summed E-state index contributed by atoms with van der Waals surface area (Å²) in [6.07, 6.45) is -2.96. The summed E-state index contributed by atoms with van der Waals surface area (Å²) in [5.74, 6) is -0.470. The third-order valence-corrected chi connectivity index (χ3v) is 5.49. The zero-order valence-corrected chi connectivity index (χ0v) is 19.7. The van der Waals surface area contributed by atoms with E-state index < -0.39 is 22.6 Å². The van der Waals surface area contributed by atoms with Crippen molar-refractivity contribution in [2.75, 3.05) is 5.32 Å². The van der Waals surface area contributed by atoms with E-state index in [-0.39, 0.29) is 30.4 Å². The van der Waals surface area contributed by atoms with Crippen molar-refractivity contribution < 1.29 is 27.6 Å². The number of nitrogens with zero attached hydrogens (tertiary/aromatic N) is 5. The molecule has 2 aromatic heterocycles. The van der Waals surface area contributed by atoms with Gasteiger partial charge in [-0.2, -0.15) is 23.4 Å². The Morgan fingerprint density at radius 2 is 1.86 bits per heavy atom. The van der Waals surface area contributed by atoms with E-state index in [2.05, 4.69) is 15.5 Å². The van der Waals surface area contributed by atoms with Crippen LogP contribution < -0.4 is 10.1 Å². The molecule has 0 saturated heterocycles. The zero-order chi connectivity index (χ0) is 26.7. The number of benzene rings is 2. The summed E-state index contributed by atoms with van der Waals surface area (Å²) in [7, 11) is 0. The number of aryl methyl sites for hydroxylation is 1. The van der Waals surface area contributed by atoms with Crippen molar-refractivity contribution in [3.05, 3.63) is 99.1 Å². The molecule has 1 amide bonds. The lowest BCUT2D eigenvalue weighted by molar-refractivity contribution is -0.386. The van der Waals surface area contributed by atoms with Gasteiger partial charge in [-0.3, -0.25) is 19.6 Å². The van der Waals surface area contributed by atoms with Crippen LogP contribution in [-0.2, 0) is 19.5 Å². The highest BCUT2D eigenvalue weighted by atomic mass is 19.4. The van der Waals surface area contributed by atoms with Gasteiger partial charge in [0.15, 0.2) is 18.2 Å². The lowest BCUT2D eigenvalue weighted by Gasteiger charge is -2.10. The van der Waals surface area contributed by atoms with Crippen LogP contribution in [0.2, 0.25) is 0 Å². The van der Waals surface area contributed by atoms with Crippen molar-refractivity contribution in [1.29, 1.82) is 0 Å². The zero-order valence-electron chi connectivity index (χ0n) is 19.7. The summed E-state index contributed by atoms with van der Waals surface area (Å²) < 4.78 is 47.4. The number of anilines is 1. The van der Waals surface area contributed by atoms with Crippen LogP contribution in [0.15, 0.2) is 60.8 Å². The minimum Gasteiger partial charge on any atom is -0.464 e. The van der Waals surface area contributed by atoms with Crippen LogP contribution in [0.1, 0.15) is 33.0 Å². The molecule has 0 saturated carbocycles.